The Balaban J connectivity index is 2.04. The first kappa shape index (κ1) is 9.33. The SMILES string of the molecule is Cc1nc2cccc(C3CC3C=NO)n2n1. The third kappa shape index (κ3) is 1.36. The summed E-state index contributed by atoms with van der Waals surface area (Å²) in [6.45, 7) is 1.89. The van der Waals surface area contributed by atoms with Gasteiger partial charge in [0, 0.05) is 23.7 Å². The topological polar surface area (TPSA) is 62.8 Å². The monoisotopic (exact) mass is 216 g/mol. The maximum Gasteiger partial charge on any atom is 0.155 e. The molecule has 0 aliphatic heterocycles. The number of aryl methyl sites for hydroxylation is 1. The van der Waals surface area contributed by atoms with Crippen LogP contribution in [0.25, 0.3) is 5.65 Å². The molecule has 16 heavy (non-hydrogen) atoms. The van der Waals surface area contributed by atoms with Gasteiger partial charge < -0.3 is 5.21 Å². The fourth-order valence-electron chi connectivity index (χ4n) is 2.12. The van der Waals surface area contributed by atoms with Crippen molar-refractivity contribution in [2.45, 2.75) is 19.3 Å². The second-order valence-electron chi connectivity index (χ2n) is 4.15. The molecule has 1 saturated carbocycles. The molecule has 1 fully saturated rings. The molecule has 2 atom stereocenters. The molecule has 2 heterocycles. The molecule has 1 aliphatic rings. The number of fused-ring (bicyclic) bond motifs is 1. The van der Waals surface area contributed by atoms with Crippen LogP contribution in [0.4, 0.5) is 0 Å². The van der Waals surface area contributed by atoms with E-state index in [0.29, 0.717) is 11.8 Å². The summed E-state index contributed by atoms with van der Waals surface area (Å²) >= 11 is 0. The number of rotatable bonds is 2. The zero-order valence-corrected chi connectivity index (χ0v) is 8.91. The molecule has 82 valence electrons. The zero-order chi connectivity index (χ0) is 11.1. The molecule has 0 aromatic carbocycles. The van der Waals surface area contributed by atoms with Gasteiger partial charge in [-0.2, -0.15) is 5.10 Å². The third-order valence-electron chi connectivity index (χ3n) is 2.97. The molecule has 0 radical (unpaired) electrons. The van der Waals surface area contributed by atoms with Crippen molar-refractivity contribution in [1.82, 2.24) is 14.6 Å². The third-order valence-corrected chi connectivity index (χ3v) is 2.97. The summed E-state index contributed by atoms with van der Waals surface area (Å²) in [6.07, 6.45) is 2.61. The van der Waals surface area contributed by atoms with Crippen LogP contribution in [-0.2, 0) is 0 Å². The highest BCUT2D eigenvalue weighted by molar-refractivity contribution is 5.66. The molecular weight excluding hydrogens is 204 g/mol. The Morgan fingerprint density at radius 2 is 2.44 bits per heavy atom. The van der Waals surface area contributed by atoms with E-state index in [4.69, 9.17) is 5.21 Å². The van der Waals surface area contributed by atoms with Gasteiger partial charge in [0.2, 0.25) is 0 Å². The van der Waals surface area contributed by atoms with Crippen molar-refractivity contribution in [3.05, 3.63) is 29.7 Å². The summed E-state index contributed by atoms with van der Waals surface area (Å²) in [6, 6.07) is 5.99. The van der Waals surface area contributed by atoms with E-state index in [-0.39, 0.29) is 0 Å². The number of aromatic nitrogens is 3. The lowest BCUT2D eigenvalue weighted by molar-refractivity contribution is 0.320. The highest BCUT2D eigenvalue weighted by Crippen LogP contribution is 2.45. The Kier molecular flexibility index (Phi) is 1.92. The van der Waals surface area contributed by atoms with Crippen LogP contribution >= 0.6 is 0 Å². The maximum absolute atomic E-state index is 8.49. The van der Waals surface area contributed by atoms with Crippen LogP contribution in [0.1, 0.15) is 23.9 Å². The summed E-state index contributed by atoms with van der Waals surface area (Å²) < 4.78 is 1.88. The molecule has 0 bridgehead atoms. The van der Waals surface area contributed by atoms with E-state index in [2.05, 4.69) is 21.3 Å². The van der Waals surface area contributed by atoms with E-state index in [1.807, 2.05) is 23.6 Å². The number of hydrogen-bond donors (Lipinski definition) is 1. The van der Waals surface area contributed by atoms with Crippen molar-refractivity contribution >= 4 is 11.9 Å². The highest BCUT2D eigenvalue weighted by atomic mass is 16.4. The van der Waals surface area contributed by atoms with Crippen LogP contribution in [0.3, 0.4) is 0 Å². The van der Waals surface area contributed by atoms with Crippen LogP contribution in [0.2, 0.25) is 0 Å². The van der Waals surface area contributed by atoms with Crippen LogP contribution < -0.4 is 0 Å². The zero-order valence-electron chi connectivity index (χ0n) is 8.91. The number of oxime groups is 1. The second-order valence-corrected chi connectivity index (χ2v) is 4.15. The van der Waals surface area contributed by atoms with E-state index >= 15 is 0 Å². The summed E-state index contributed by atoms with van der Waals surface area (Å²) in [7, 11) is 0. The van der Waals surface area contributed by atoms with E-state index in [1.54, 1.807) is 6.21 Å². The lowest BCUT2D eigenvalue weighted by atomic mass is 10.2. The minimum Gasteiger partial charge on any atom is -0.411 e. The van der Waals surface area contributed by atoms with Gasteiger partial charge in [-0.3, -0.25) is 0 Å². The molecule has 3 rings (SSSR count). The normalized spacial score (nSPS) is 24.3. The molecule has 2 aromatic rings. The van der Waals surface area contributed by atoms with Crippen LogP contribution in [0, 0.1) is 12.8 Å². The molecular formula is C11H12N4O. The maximum atomic E-state index is 8.49. The van der Waals surface area contributed by atoms with Crippen LogP contribution in [-0.4, -0.2) is 26.0 Å². The summed E-state index contributed by atoms with van der Waals surface area (Å²) in [5.74, 6) is 1.52. The first-order valence-corrected chi connectivity index (χ1v) is 5.29. The van der Waals surface area contributed by atoms with Gasteiger partial charge in [-0.05, 0) is 25.5 Å². The first-order chi connectivity index (χ1) is 7.79. The lowest BCUT2D eigenvalue weighted by Crippen LogP contribution is -1.98. The molecule has 5 heteroatoms. The van der Waals surface area contributed by atoms with E-state index in [0.717, 1.165) is 23.6 Å². The Morgan fingerprint density at radius 1 is 1.56 bits per heavy atom. The molecule has 1 N–H and O–H groups in total. The molecule has 2 aromatic heterocycles. The number of pyridine rings is 1. The Labute approximate surface area is 92.4 Å². The molecule has 0 saturated heterocycles. The Morgan fingerprint density at radius 3 is 3.25 bits per heavy atom. The predicted octanol–water partition coefficient (Wildman–Crippen LogP) is 1.60. The standard InChI is InChI=1S/C11H12N4O/c1-7-13-11-4-2-3-10(15(11)14-7)9-5-8(9)6-12-16/h2-4,6,8-9,16H,5H2,1H3. The Bertz CT molecular complexity index is 560. The molecule has 5 nitrogen and oxygen atoms in total. The van der Waals surface area contributed by atoms with E-state index in [9.17, 15) is 0 Å². The summed E-state index contributed by atoms with van der Waals surface area (Å²) in [5, 5.41) is 15.9. The van der Waals surface area contributed by atoms with Gasteiger partial charge in [-0.1, -0.05) is 6.07 Å². The van der Waals surface area contributed by atoms with Gasteiger partial charge in [0.25, 0.3) is 0 Å². The van der Waals surface area contributed by atoms with Gasteiger partial charge in [-0.25, -0.2) is 9.50 Å². The van der Waals surface area contributed by atoms with Gasteiger partial charge in [0.1, 0.15) is 5.82 Å². The van der Waals surface area contributed by atoms with Gasteiger partial charge in [0.15, 0.2) is 5.65 Å². The minimum atomic E-state index is 0.333. The molecule has 0 spiro atoms. The van der Waals surface area contributed by atoms with Crippen molar-refractivity contribution < 1.29 is 5.21 Å². The minimum absolute atomic E-state index is 0.333. The van der Waals surface area contributed by atoms with Crippen molar-refractivity contribution in [3.63, 3.8) is 0 Å². The van der Waals surface area contributed by atoms with Crippen LogP contribution in [0.15, 0.2) is 23.4 Å². The van der Waals surface area contributed by atoms with Gasteiger partial charge >= 0.3 is 0 Å². The largest absolute Gasteiger partial charge is 0.411 e. The first-order valence-electron chi connectivity index (χ1n) is 5.29. The highest BCUT2D eigenvalue weighted by Gasteiger charge is 2.39. The average Bonchev–Trinajstić information content (AvgIpc) is 2.90. The van der Waals surface area contributed by atoms with E-state index < -0.39 is 0 Å². The smallest absolute Gasteiger partial charge is 0.155 e. The molecule has 0 amide bonds. The van der Waals surface area contributed by atoms with Gasteiger partial charge in [-0.15, -0.1) is 5.16 Å². The van der Waals surface area contributed by atoms with Crippen molar-refractivity contribution in [2.24, 2.45) is 11.1 Å². The number of hydrogen-bond acceptors (Lipinski definition) is 4. The fraction of sp³-hybridized carbons (Fsp3) is 0.364. The molecule has 2 unspecified atom stereocenters. The van der Waals surface area contributed by atoms with Crippen molar-refractivity contribution in [1.29, 1.82) is 0 Å². The van der Waals surface area contributed by atoms with E-state index in [1.165, 1.54) is 0 Å². The average molecular weight is 216 g/mol. The Hall–Kier alpha value is -1.91. The summed E-state index contributed by atoms with van der Waals surface area (Å²) in [5.41, 5.74) is 2.02. The summed E-state index contributed by atoms with van der Waals surface area (Å²) in [4.78, 5) is 4.32. The van der Waals surface area contributed by atoms with Gasteiger partial charge in [0.05, 0.1) is 0 Å². The van der Waals surface area contributed by atoms with Crippen molar-refractivity contribution in [3.8, 4) is 0 Å². The van der Waals surface area contributed by atoms with Crippen LogP contribution in [0.5, 0.6) is 0 Å². The number of nitrogens with zero attached hydrogens (tertiary/aromatic N) is 4. The fourth-order valence-corrected chi connectivity index (χ4v) is 2.12. The predicted molar refractivity (Wildman–Crippen MR) is 58.9 cm³/mol. The lowest BCUT2D eigenvalue weighted by Gasteiger charge is -2.01. The quantitative estimate of drug-likeness (QED) is 0.471. The second kappa shape index (κ2) is 3.30. The van der Waals surface area contributed by atoms with Crippen molar-refractivity contribution in [2.75, 3.05) is 0 Å². The molecule has 1 aliphatic carbocycles.